The maximum Gasteiger partial charge on any atom is 0.245 e. The molecule has 0 saturated carbocycles. The quantitative estimate of drug-likeness (QED) is 0.898. The number of aromatic nitrogens is 2. The molecule has 0 aliphatic rings. The van der Waals surface area contributed by atoms with Crippen LogP contribution in [0.25, 0.3) is 0 Å². The van der Waals surface area contributed by atoms with Crippen molar-refractivity contribution in [1.82, 2.24) is 10.1 Å². The Kier molecular flexibility index (Phi) is 4.19. The molecule has 1 atom stereocenters. The fourth-order valence-electron chi connectivity index (χ4n) is 1.43. The lowest BCUT2D eigenvalue weighted by Gasteiger charge is -2.03. The summed E-state index contributed by atoms with van der Waals surface area (Å²) in [5.74, 6) is 0.611. The van der Waals surface area contributed by atoms with Crippen LogP contribution in [-0.2, 0) is 6.42 Å². The van der Waals surface area contributed by atoms with Crippen molar-refractivity contribution < 1.29 is 9.63 Å². The second kappa shape index (κ2) is 5.67. The van der Waals surface area contributed by atoms with Crippen LogP contribution in [-0.4, -0.2) is 21.9 Å². The highest BCUT2D eigenvalue weighted by Crippen LogP contribution is 2.26. The van der Waals surface area contributed by atoms with Gasteiger partial charge in [0.1, 0.15) is 6.04 Å². The molecule has 5 nitrogen and oxygen atoms in total. The molecule has 0 fully saturated rings. The van der Waals surface area contributed by atoms with Crippen molar-refractivity contribution in [2.75, 3.05) is 6.61 Å². The minimum atomic E-state index is -0.673. The molecule has 7 heteroatoms. The minimum absolute atomic E-state index is 0.190. The third kappa shape index (κ3) is 2.81. The summed E-state index contributed by atoms with van der Waals surface area (Å²) in [5.41, 5.74) is 6.29. The van der Waals surface area contributed by atoms with Gasteiger partial charge in [0.15, 0.2) is 5.82 Å². The van der Waals surface area contributed by atoms with Gasteiger partial charge in [0, 0.05) is 16.5 Å². The van der Waals surface area contributed by atoms with E-state index in [1.165, 1.54) is 0 Å². The molecule has 1 heterocycles. The smallest absolute Gasteiger partial charge is 0.245 e. The summed E-state index contributed by atoms with van der Waals surface area (Å²) in [5, 5.41) is 13.7. The van der Waals surface area contributed by atoms with E-state index in [2.05, 4.69) is 10.1 Å². The molecule has 18 heavy (non-hydrogen) atoms. The molecule has 1 aromatic carbocycles. The van der Waals surface area contributed by atoms with Crippen molar-refractivity contribution in [3.8, 4) is 0 Å². The highest BCUT2D eigenvalue weighted by Gasteiger charge is 2.15. The Balaban J connectivity index is 2.21. The molecule has 0 aliphatic heterocycles. The van der Waals surface area contributed by atoms with Crippen LogP contribution in [0.1, 0.15) is 23.3 Å². The highest BCUT2D eigenvalue weighted by molar-refractivity contribution is 6.36. The topological polar surface area (TPSA) is 85.2 Å². The van der Waals surface area contributed by atoms with Crippen LogP contribution >= 0.6 is 23.2 Å². The van der Waals surface area contributed by atoms with Gasteiger partial charge in [0.25, 0.3) is 0 Å². The van der Waals surface area contributed by atoms with Crippen LogP contribution < -0.4 is 5.73 Å². The standard InChI is InChI=1S/C11H11Cl2N3O2/c12-7-2-1-3-8(13)6(7)4-10-15-11(18-16-10)9(14)5-17/h1-3,9,17H,4-5,14H2/t9-/m0/s1. The molecule has 0 spiro atoms. The maximum atomic E-state index is 8.88. The molecule has 0 radical (unpaired) electrons. The van der Waals surface area contributed by atoms with Gasteiger partial charge in [0.2, 0.25) is 5.89 Å². The predicted octanol–water partition coefficient (Wildman–Crippen LogP) is 1.96. The largest absolute Gasteiger partial charge is 0.394 e. The molecule has 1 aromatic heterocycles. The van der Waals surface area contributed by atoms with Gasteiger partial charge < -0.3 is 15.4 Å². The van der Waals surface area contributed by atoms with Crippen molar-refractivity contribution in [2.45, 2.75) is 12.5 Å². The lowest BCUT2D eigenvalue weighted by molar-refractivity contribution is 0.236. The van der Waals surface area contributed by atoms with E-state index in [1.54, 1.807) is 18.2 Å². The summed E-state index contributed by atoms with van der Waals surface area (Å²) >= 11 is 12.1. The van der Waals surface area contributed by atoms with Gasteiger partial charge in [-0.2, -0.15) is 4.98 Å². The number of nitrogens with zero attached hydrogens (tertiary/aromatic N) is 2. The van der Waals surface area contributed by atoms with Crippen molar-refractivity contribution >= 4 is 23.2 Å². The first-order chi connectivity index (χ1) is 8.61. The van der Waals surface area contributed by atoms with Gasteiger partial charge in [-0.25, -0.2) is 0 Å². The average molecular weight is 288 g/mol. The Morgan fingerprint density at radius 2 is 2.00 bits per heavy atom. The van der Waals surface area contributed by atoms with E-state index in [0.717, 1.165) is 5.56 Å². The molecular weight excluding hydrogens is 277 g/mol. The number of hydrogen-bond acceptors (Lipinski definition) is 5. The SMILES string of the molecule is N[C@@H](CO)c1nc(Cc2c(Cl)cccc2Cl)no1. The summed E-state index contributed by atoms with van der Waals surface area (Å²) in [4.78, 5) is 4.08. The van der Waals surface area contributed by atoms with E-state index in [1.807, 2.05) is 0 Å². The zero-order chi connectivity index (χ0) is 13.1. The molecule has 0 amide bonds. The van der Waals surface area contributed by atoms with Crippen molar-refractivity contribution in [2.24, 2.45) is 5.73 Å². The number of nitrogens with two attached hydrogens (primary N) is 1. The van der Waals surface area contributed by atoms with Crippen LogP contribution in [0.5, 0.6) is 0 Å². The van der Waals surface area contributed by atoms with E-state index in [0.29, 0.717) is 22.3 Å². The Bertz CT molecular complexity index is 525. The zero-order valence-corrected chi connectivity index (χ0v) is 10.8. The minimum Gasteiger partial charge on any atom is -0.394 e. The Labute approximate surface area is 114 Å². The molecule has 2 aromatic rings. The average Bonchev–Trinajstić information content (AvgIpc) is 2.81. The van der Waals surface area contributed by atoms with Crippen LogP contribution in [0.2, 0.25) is 10.0 Å². The lowest BCUT2D eigenvalue weighted by atomic mass is 10.1. The van der Waals surface area contributed by atoms with E-state index in [-0.39, 0.29) is 12.5 Å². The summed E-state index contributed by atoms with van der Waals surface area (Å²) in [6, 6.07) is 4.57. The fraction of sp³-hybridized carbons (Fsp3) is 0.273. The third-order valence-electron chi connectivity index (χ3n) is 2.39. The number of benzene rings is 1. The molecule has 0 unspecified atom stereocenters. The Morgan fingerprint density at radius 1 is 1.33 bits per heavy atom. The van der Waals surface area contributed by atoms with Crippen LogP contribution in [0.3, 0.4) is 0 Å². The second-order valence-electron chi connectivity index (χ2n) is 3.71. The maximum absolute atomic E-state index is 8.88. The number of hydrogen-bond donors (Lipinski definition) is 2. The normalized spacial score (nSPS) is 12.7. The zero-order valence-electron chi connectivity index (χ0n) is 9.31. The number of halogens is 2. The molecular formula is C11H11Cl2N3O2. The summed E-state index contributed by atoms with van der Waals surface area (Å²) in [6.45, 7) is -0.255. The number of aliphatic hydroxyl groups excluding tert-OH is 1. The van der Waals surface area contributed by atoms with E-state index in [4.69, 9.17) is 38.6 Å². The van der Waals surface area contributed by atoms with Crippen molar-refractivity contribution in [3.63, 3.8) is 0 Å². The Morgan fingerprint density at radius 3 is 2.61 bits per heavy atom. The van der Waals surface area contributed by atoms with Crippen molar-refractivity contribution in [3.05, 3.63) is 45.5 Å². The van der Waals surface area contributed by atoms with E-state index < -0.39 is 6.04 Å². The lowest BCUT2D eigenvalue weighted by Crippen LogP contribution is -2.14. The first kappa shape index (κ1) is 13.3. The van der Waals surface area contributed by atoms with E-state index in [9.17, 15) is 0 Å². The first-order valence-electron chi connectivity index (χ1n) is 5.23. The second-order valence-corrected chi connectivity index (χ2v) is 4.53. The molecule has 3 N–H and O–H groups in total. The van der Waals surface area contributed by atoms with Gasteiger partial charge in [-0.1, -0.05) is 34.4 Å². The Hall–Kier alpha value is -1.14. The van der Waals surface area contributed by atoms with Crippen LogP contribution in [0.4, 0.5) is 0 Å². The van der Waals surface area contributed by atoms with Crippen molar-refractivity contribution in [1.29, 1.82) is 0 Å². The highest BCUT2D eigenvalue weighted by atomic mass is 35.5. The molecule has 0 aliphatic carbocycles. The molecule has 0 bridgehead atoms. The van der Waals surface area contributed by atoms with Gasteiger partial charge >= 0.3 is 0 Å². The molecule has 0 saturated heterocycles. The molecule has 2 rings (SSSR count). The van der Waals surface area contributed by atoms with Gasteiger partial charge in [0.05, 0.1) is 6.61 Å². The monoisotopic (exact) mass is 287 g/mol. The predicted molar refractivity (Wildman–Crippen MR) is 67.6 cm³/mol. The third-order valence-corrected chi connectivity index (χ3v) is 3.10. The summed E-state index contributed by atoms with van der Waals surface area (Å²) < 4.78 is 4.94. The summed E-state index contributed by atoms with van der Waals surface area (Å²) in [7, 11) is 0. The van der Waals surface area contributed by atoms with E-state index >= 15 is 0 Å². The number of aliphatic hydroxyl groups is 1. The van der Waals surface area contributed by atoms with Gasteiger partial charge in [-0.15, -0.1) is 0 Å². The van der Waals surface area contributed by atoms with Crippen LogP contribution in [0, 0.1) is 0 Å². The van der Waals surface area contributed by atoms with Gasteiger partial charge in [-0.05, 0) is 17.7 Å². The first-order valence-corrected chi connectivity index (χ1v) is 5.99. The number of rotatable bonds is 4. The summed E-state index contributed by atoms with van der Waals surface area (Å²) in [6.07, 6.45) is 0.347. The van der Waals surface area contributed by atoms with Crippen LogP contribution in [0.15, 0.2) is 22.7 Å². The molecule has 96 valence electrons. The fourth-order valence-corrected chi connectivity index (χ4v) is 1.96. The van der Waals surface area contributed by atoms with Gasteiger partial charge in [-0.3, -0.25) is 0 Å².